The van der Waals surface area contributed by atoms with Gasteiger partial charge in [-0.1, -0.05) is 84.7 Å². The first-order valence-electron chi connectivity index (χ1n) is 18.6. The van der Waals surface area contributed by atoms with Crippen LogP contribution in [0.1, 0.15) is 99.6 Å². The molecule has 1 aliphatic heterocycles. The molecule has 0 spiro atoms. The first-order chi connectivity index (χ1) is 25.0. The van der Waals surface area contributed by atoms with Crippen molar-refractivity contribution in [2.75, 3.05) is 33.8 Å². The molecule has 1 fully saturated rings. The van der Waals surface area contributed by atoms with Crippen LogP contribution in [0.15, 0.2) is 30.3 Å². The molecule has 6 amide bonds. The molecular weight excluding hydrogens is 696 g/mol. The van der Waals surface area contributed by atoms with E-state index < -0.39 is 83.3 Å². The summed E-state index contributed by atoms with van der Waals surface area (Å²) < 4.78 is 11.5. The van der Waals surface area contributed by atoms with Crippen molar-refractivity contribution < 1.29 is 43.0 Å². The molecule has 4 N–H and O–H groups in total. The molecule has 0 aliphatic carbocycles. The lowest BCUT2D eigenvalue weighted by Gasteiger charge is -2.35. The van der Waals surface area contributed by atoms with Crippen LogP contribution in [-0.2, 0) is 38.2 Å². The number of ketones is 1. The summed E-state index contributed by atoms with van der Waals surface area (Å²) in [6.45, 7) is 16.2. The SMILES string of the molecule is CCCCC(NC(=O)[C@@H]1C[C@@H](OC(C)(C)C)CN1C(=O)[C@@H](NC(=O)OCC(C)C)C(C)(C)C)C(=O)C(=O)NCC(=O)N[C@H](C(=O)N(C)C)c1ccccc1. The lowest BCUT2D eigenvalue weighted by atomic mass is 9.85. The van der Waals surface area contributed by atoms with E-state index in [2.05, 4.69) is 21.3 Å². The van der Waals surface area contributed by atoms with E-state index in [4.69, 9.17) is 9.47 Å². The second kappa shape index (κ2) is 20.2. The molecule has 1 aliphatic rings. The topological polar surface area (TPSA) is 193 Å². The predicted octanol–water partition coefficient (Wildman–Crippen LogP) is 2.87. The van der Waals surface area contributed by atoms with E-state index in [1.165, 1.54) is 9.80 Å². The normalized spacial score (nSPS) is 17.5. The van der Waals surface area contributed by atoms with Gasteiger partial charge in [0, 0.05) is 27.1 Å². The highest BCUT2D eigenvalue weighted by molar-refractivity contribution is 6.38. The van der Waals surface area contributed by atoms with Crippen molar-refractivity contribution in [3.05, 3.63) is 35.9 Å². The third-order valence-electron chi connectivity index (χ3n) is 8.53. The Kier molecular flexibility index (Phi) is 17.1. The molecular formula is C39H62N6O9. The largest absolute Gasteiger partial charge is 0.449 e. The minimum atomic E-state index is -1.25. The molecule has 54 heavy (non-hydrogen) atoms. The smallest absolute Gasteiger partial charge is 0.407 e. The van der Waals surface area contributed by atoms with Crippen LogP contribution in [0.5, 0.6) is 0 Å². The zero-order valence-corrected chi connectivity index (χ0v) is 33.9. The molecule has 1 aromatic carbocycles. The zero-order valence-electron chi connectivity index (χ0n) is 33.9. The number of amides is 6. The maximum Gasteiger partial charge on any atom is 0.407 e. The quantitative estimate of drug-likeness (QED) is 0.173. The van der Waals surface area contributed by atoms with Gasteiger partial charge in [0.15, 0.2) is 0 Å². The second-order valence-electron chi connectivity index (χ2n) is 16.4. The number of likely N-dealkylation sites (tertiary alicyclic amines) is 1. The van der Waals surface area contributed by atoms with Crippen LogP contribution >= 0.6 is 0 Å². The minimum Gasteiger partial charge on any atom is -0.449 e. The monoisotopic (exact) mass is 758 g/mol. The molecule has 1 aromatic rings. The third kappa shape index (κ3) is 14.4. The van der Waals surface area contributed by atoms with Crippen LogP contribution in [0, 0.1) is 11.3 Å². The first kappa shape index (κ1) is 45.6. The van der Waals surface area contributed by atoms with Gasteiger partial charge < -0.3 is 40.5 Å². The Hall–Kier alpha value is -4.53. The number of ether oxygens (including phenoxy) is 2. The molecule has 15 heteroatoms. The number of hydrogen-bond donors (Lipinski definition) is 4. The van der Waals surface area contributed by atoms with Crippen LogP contribution in [0.4, 0.5) is 4.79 Å². The van der Waals surface area contributed by atoms with Gasteiger partial charge in [-0.3, -0.25) is 28.8 Å². The molecule has 1 unspecified atom stereocenters. The Morgan fingerprint density at radius 3 is 2.09 bits per heavy atom. The van der Waals surface area contributed by atoms with Gasteiger partial charge in [0.05, 0.1) is 30.9 Å². The summed E-state index contributed by atoms with van der Waals surface area (Å²) in [7, 11) is 3.11. The van der Waals surface area contributed by atoms with Crippen LogP contribution in [0.2, 0.25) is 0 Å². The van der Waals surface area contributed by atoms with Gasteiger partial charge >= 0.3 is 6.09 Å². The fourth-order valence-electron chi connectivity index (χ4n) is 5.85. The van der Waals surface area contributed by atoms with E-state index in [9.17, 15) is 33.6 Å². The number of alkyl carbamates (subject to hydrolysis) is 1. The molecule has 0 saturated carbocycles. The maximum atomic E-state index is 14.2. The van der Waals surface area contributed by atoms with Crippen molar-refractivity contribution in [3.8, 4) is 0 Å². The molecule has 0 bridgehead atoms. The molecule has 302 valence electrons. The molecule has 1 saturated heterocycles. The summed E-state index contributed by atoms with van der Waals surface area (Å²) in [6, 6.07) is 4.19. The summed E-state index contributed by atoms with van der Waals surface area (Å²) in [5.41, 5.74) is -0.833. The van der Waals surface area contributed by atoms with Crippen LogP contribution in [-0.4, -0.2) is 115 Å². The van der Waals surface area contributed by atoms with Crippen molar-refractivity contribution >= 4 is 41.4 Å². The highest BCUT2D eigenvalue weighted by atomic mass is 16.5. The summed E-state index contributed by atoms with van der Waals surface area (Å²) in [5, 5.41) is 10.3. The molecule has 0 aromatic heterocycles. The highest BCUT2D eigenvalue weighted by Crippen LogP contribution is 2.29. The zero-order chi connectivity index (χ0) is 41.0. The Labute approximate surface area is 320 Å². The molecule has 0 radical (unpaired) electrons. The van der Waals surface area contributed by atoms with E-state index >= 15 is 0 Å². The number of likely N-dealkylation sites (N-methyl/N-ethyl adjacent to an activating group) is 1. The number of unbranched alkanes of at least 4 members (excludes halogenated alkanes) is 1. The Bertz CT molecular complexity index is 1470. The summed E-state index contributed by atoms with van der Waals surface area (Å²) in [5.74, 6) is -4.24. The molecule has 2 rings (SSSR count). The van der Waals surface area contributed by atoms with E-state index in [0.29, 0.717) is 18.4 Å². The minimum absolute atomic E-state index is 0.0486. The number of Topliss-reactive ketones (excluding diaryl/α,β-unsaturated/α-hetero) is 1. The average molecular weight is 759 g/mol. The fourth-order valence-corrected chi connectivity index (χ4v) is 5.85. The van der Waals surface area contributed by atoms with Gasteiger partial charge in [0.1, 0.15) is 18.1 Å². The van der Waals surface area contributed by atoms with Crippen molar-refractivity contribution in [2.24, 2.45) is 11.3 Å². The Balaban J connectivity index is 2.27. The molecule has 5 atom stereocenters. The van der Waals surface area contributed by atoms with Crippen LogP contribution in [0.3, 0.4) is 0 Å². The lowest BCUT2D eigenvalue weighted by Crippen LogP contribution is -2.59. The lowest BCUT2D eigenvalue weighted by molar-refractivity contribution is -0.144. The maximum absolute atomic E-state index is 14.2. The number of nitrogens with zero attached hydrogens (tertiary/aromatic N) is 2. The van der Waals surface area contributed by atoms with Gasteiger partial charge in [-0.25, -0.2) is 4.79 Å². The van der Waals surface area contributed by atoms with Crippen LogP contribution < -0.4 is 21.3 Å². The second-order valence-corrected chi connectivity index (χ2v) is 16.4. The van der Waals surface area contributed by atoms with E-state index in [-0.39, 0.29) is 37.8 Å². The summed E-state index contributed by atoms with van der Waals surface area (Å²) in [6.07, 6.45) is 0.0937. The predicted molar refractivity (Wildman–Crippen MR) is 203 cm³/mol. The number of rotatable bonds is 17. The Morgan fingerprint density at radius 1 is 0.926 bits per heavy atom. The van der Waals surface area contributed by atoms with Gasteiger partial charge in [-0.2, -0.15) is 0 Å². The van der Waals surface area contributed by atoms with Gasteiger partial charge in [0.25, 0.3) is 5.91 Å². The van der Waals surface area contributed by atoms with Crippen molar-refractivity contribution in [1.29, 1.82) is 0 Å². The van der Waals surface area contributed by atoms with E-state index in [0.717, 1.165) is 0 Å². The number of nitrogens with one attached hydrogen (secondary N) is 4. The standard InChI is InChI=1S/C39H62N6O9/c1-12-13-19-27(31(47)34(49)40-21-29(46)42-30(35(50)44(10)11)25-17-15-14-16-18-25)41-33(48)28-20-26(54-39(7,8)9)22-45(28)36(51)32(38(4,5)6)43-37(52)53-23-24(2)3/h14-18,24,26-28,30,32H,12-13,19-23H2,1-11H3,(H,40,49)(H,41,48)(H,42,46)(H,43,52)/t26-,27?,28+,30+,32-/m1/s1. The number of hydrogen-bond acceptors (Lipinski definition) is 9. The van der Waals surface area contributed by atoms with Crippen molar-refractivity contribution in [3.63, 3.8) is 0 Å². The van der Waals surface area contributed by atoms with E-state index in [1.807, 2.05) is 41.5 Å². The van der Waals surface area contributed by atoms with Gasteiger partial charge in [0.2, 0.25) is 29.4 Å². The molecule has 15 nitrogen and oxygen atoms in total. The Morgan fingerprint density at radius 2 is 1.56 bits per heavy atom. The van der Waals surface area contributed by atoms with Gasteiger partial charge in [-0.15, -0.1) is 0 Å². The van der Waals surface area contributed by atoms with Crippen LogP contribution in [0.25, 0.3) is 0 Å². The third-order valence-corrected chi connectivity index (χ3v) is 8.53. The average Bonchev–Trinajstić information content (AvgIpc) is 3.50. The number of benzene rings is 1. The summed E-state index contributed by atoms with van der Waals surface area (Å²) >= 11 is 0. The fraction of sp³-hybridized carbons (Fsp3) is 0.667. The van der Waals surface area contributed by atoms with Gasteiger partial charge in [-0.05, 0) is 44.1 Å². The van der Waals surface area contributed by atoms with Crippen molar-refractivity contribution in [1.82, 2.24) is 31.1 Å². The number of carbonyl (C=O) groups excluding carboxylic acids is 7. The highest BCUT2D eigenvalue weighted by Gasteiger charge is 2.47. The first-order valence-corrected chi connectivity index (χ1v) is 18.6. The number of carbonyl (C=O) groups is 7. The summed E-state index contributed by atoms with van der Waals surface area (Å²) in [4.78, 5) is 96.0. The molecule has 1 heterocycles. The van der Waals surface area contributed by atoms with Crippen molar-refractivity contribution in [2.45, 2.75) is 124 Å². The van der Waals surface area contributed by atoms with E-state index in [1.54, 1.807) is 65.2 Å².